The predicted molar refractivity (Wildman–Crippen MR) is 72.8 cm³/mol. The van der Waals surface area contributed by atoms with Gasteiger partial charge in [0, 0.05) is 19.6 Å². The number of fused-ring (bicyclic) bond motifs is 1. The van der Waals surface area contributed by atoms with Crippen molar-refractivity contribution in [2.75, 3.05) is 19.6 Å². The van der Waals surface area contributed by atoms with E-state index in [1.165, 1.54) is 0 Å². The van der Waals surface area contributed by atoms with Gasteiger partial charge in [0.2, 0.25) is 5.91 Å². The van der Waals surface area contributed by atoms with Gasteiger partial charge in [-0.2, -0.15) is 0 Å². The van der Waals surface area contributed by atoms with E-state index >= 15 is 0 Å². The monoisotopic (exact) mass is 274 g/mol. The molecule has 2 aliphatic rings. The summed E-state index contributed by atoms with van der Waals surface area (Å²) in [6, 6.07) is 9.60. The molecule has 2 fully saturated rings. The number of likely N-dealkylation sites (tertiary alicyclic amines) is 1. The van der Waals surface area contributed by atoms with E-state index in [4.69, 9.17) is 4.74 Å². The van der Waals surface area contributed by atoms with Crippen LogP contribution in [-0.2, 0) is 16.1 Å². The molecule has 0 spiro atoms. The van der Waals surface area contributed by atoms with Gasteiger partial charge in [0.25, 0.3) is 0 Å². The molecule has 2 atom stereocenters. The Morgan fingerprint density at radius 1 is 1.30 bits per heavy atom. The minimum atomic E-state index is -0.323. The summed E-state index contributed by atoms with van der Waals surface area (Å²) in [7, 11) is 0. The molecule has 2 aliphatic heterocycles. The third-order valence-electron chi connectivity index (χ3n) is 4.06. The Kier molecular flexibility index (Phi) is 3.58. The summed E-state index contributed by atoms with van der Waals surface area (Å²) >= 11 is 0. The molecular weight excluding hydrogens is 256 g/mol. The molecule has 1 aromatic carbocycles. The van der Waals surface area contributed by atoms with Gasteiger partial charge in [-0.15, -0.1) is 0 Å². The number of piperidine rings is 1. The minimum absolute atomic E-state index is 0.0620. The Bertz CT molecular complexity index is 503. The van der Waals surface area contributed by atoms with Crippen LogP contribution in [0, 0.1) is 11.8 Å². The van der Waals surface area contributed by atoms with Crippen LogP contribution in [0.4, 0.5) is 4.79 Å². The number of carbonyl (C=O) groups excluding carboxylic acids is 2. The van der Waals surface area contributed by atoms with Crippen LogP contribution >= 0.6 is 0 Å². The van der Waals surface area contributed by atoms with Crippen molar-refractivity contribution in [3.8, 4) is 0 Å². The van der Waals surface area contributed by atoms with E-state index in [0.717, 1.165) is 12.0 Å². The maximum absolute atomic E-state index is 12.0. The van der Waals surface area contributed by atoms with Crippen molar-refractivity contribution in [3.05, 3.63) is 35.9 Å². The average molecular weight is 274 g/mol. The molecule has 2 unspecified atom stereocenters. The summed E-state index contributed by atoms with van der Waals surface area (Å²) in [6.07, 6.45) is 0.620. The number of benzene rings is 1. The maximum Gasteiger partial charge on any atom is 0.410 e. The fourth-order valence-electron chi connectivity index (χ4n) is 2.93. The summed E-state index contributed by atoms with van der Waals surface area (Å²) in [6.45, 7) is 2.10. The van der Waals surface area contributed by atoms with Crippen molar-refractivity contribution in [1.29, 1.82) is 0 Å². The van der Waals surface area contributed by atoms with Crippen molar-refractivity contribution in [2.24, 2.45) is 11.8 Å². The molecule has 1 N–H and O–H groups in total. The van der Waals surface area contributed by atoms with Crippen molar-refractivity contribution in [1.82, 2.24) is 10.2 Å². The average Bonchev–Trinajstić information content (AvgIpc) is 2.91. The lowest BCUT2D eigenvalue weighted by atomic mass is 9.89. The third kappa shape index (κ3) is 2.61. The lowest BCUT2D eigenvalue weighted by Crippen LogP contribution is -2.41. The molecule has 3 rings (SSSR count). The van der Waals surface area contributed by atoms with Crippen LogP contribution in [0.1, 0.15) is 12.0 Å². The molecule has 20 heavy (non-hydrogen) atoms. The van der Waals surface area contributed by atoms with Crippen molar-refractivity contribution in [3.63, 3.8) is 0 Å². The molecule has 0 bridgehead atoms. The Labute approximate surface area is 117 Å². The molecule has 1 aromatic rings. The number of carbonyl (C=O) groups is 2. The fourth-order valence-corrected chi connectivity index (χ4v) is 2.93. The highest BCUT2D eigenvalue weighted by Crippen LogP contribution is 2.29. The van der Waals surface area contributed by atoms with Gasteiger partial charge in [-0.05, 0) is 17.9 Å². The van der Waals surface area contributed by atoms with Gasteiger partial charge in [-0.1, -0.05) is 30.3 Å². The molecule has 0 aromatic heterocycles. The molecule has 5 nitrogen and oxygen atoms in total. The number of ether oxygens (including phenoxy) is 1. The van der Waals surface area contributed by atoms with Crippen LogP contribution < -0.4 is 5.32 Å². The Morgan fingerprint density at radius 3 is 2.85 bits per heavy atom. The zero-order chi connectivity index (χ0) is 13.9. The number of hydrogen-bond acceptors (Lipinski definition) is 3. The second-order valence-electron chi connectivity index (χ2n) is 5.39. The quantitative estimate of drug-likeness (QED) is 0.886. The van der Waals surface area contributed by atoms with Crippen molar-refractivity contribution in [2.45, 2.75) is 13.0 Å². The molecule has 0 aliphatic carbocycles. The first-order chi connectivity index (χ1) is 9.74. The van der Waals surface area contributed by atoms with Gasteiger partial charge >= 0.3 is 6.09 Å². The van der Waals surface area contributed by atoms with Gasteiger partial charge in [-0.25, -0.2) is 4.79 Å². The summed E-state index contributed by atoms with van der Waals surface area (Å²) in [5.74, 6) is 0.292. The van der Waals surface area contributed by atoms with Crippen LogP contribution in [0.25, 0.3) is 0 Å². The van der Waals surface area contributed by atoms with Gasteiger partial charge < -0.3 is 15.0 Å². The fraction of sp³-hybridized carbons (Fsp3) is 0.467. The third-order valence-corrected chi connectivity index (χ3v) is 4.06. The van der Waals surface area contributed by atoms with Crippen LogP contribution in [0.3, 0.4) is 0 Å². The van der Waals surface area contributed by atoms with Crippen molar-refractivity contribution >= 4 is 12.0 Å². The molecule has 2 saturated heterocycles. The molecule has 0 saturated carbocycles. The van der Waals surface area contributed by atoms with Crippen molar-refractivity contribution < 1.29 is 14.3 Å². The lowest BCUT2D eigenvalue weighted by molar-refractivity contribution is -0.127. The first-order valence-electron chi connectivity index (χ1n) is 6.97. The maximum atomic E-state index is 12.0. The Balaban J connectivity index is 1.55. The second-order valence-corrected chi connectivity index (χ2v) is 5.39. The summed E-state index contributed by atoms with van der Waals surface area (Å²) in [4.78, 5) is 25.4. The number of nitrogens with one attached hydrogen (secondary N) is 1. The van der Waals surface area contributed by atoms with E-state index in [1.807, 2.05) is 30.3 Å². The molecule has 106 valence electrons. The van der Waals surface area contributed by atoms with Gasteiger partial charge in [0.15, 0.2) is 0 Å². The molecule has 5 heteroatoms. The Morgan fingerprint density at radius 2 is 2.10 bits per heavy atom. The highest BCUT2D eigenvalue weighted by molar-refractivity contribution is 5.81. The van der Waals surface area contributed by atoms with E-state index in [9.17, 15) is 9.59 Å². The first-order valence-corrected chi connectivity index (χ1v) is 6.97. The van der Waals surface area contributed by atoms with Crippen LogP contribution in [0.2, 0.25) is 0 Å². The summed E-state index contributed by atoms with van der Waals surface area (Å²) < 4.78 is 5.31. The molecule has 0 radical (unpaired) electrons. The molecule has 2 heterocycles. The minimum Gasteiger partial charge on any atom is -0.445 e. The normalized spacial score (nSPS) is 25.0. The van der Waals surface area contributed by atoms with Gasteiger partial charge in [0.1, 0.15) is 6.61 Å². The summed E-state index contributed by atoms with van der Waals surface area (Å²) in [5, 5.41) is 2.85. The molecular formula is C15H18N2O3. The topological polar surface area (TPSA) is 58.6 Å². The van der Waals surface area contributed by atoms with E-state index in [-0.39, 0.29) is 30.4 Å². The van der Waals surface area contributed by atoms with E-state index in [2.05, 4.69) is 5.32 Å². The molecule has 2 amide bonds. The van der Waals surface area contributed by atoms with E-state index in [0.29, 0.717) is 19.6 Å². The number of amides is 2. The number of hydrogen-bond donors (Lipinski definition) is 1. The van der Waals surface area contributed by atoms with Gasteiger partial charge in [-0.3, -0.25) is 4.79 Å². The van der Waals surface area contributed by atoms with Gasteiger partial charge in [0.05, 0.1) is 5.92 Å². The van der Waals surface area contributed by atoms with Crippen LogP contribution in [-0.4, -0.2) is 36.5 Å². The SMILES string of the molecule is O=C1NCCC2CN(C(=O)OCc3ccccc3)CC12. The zero-order valence-corrected chi connectivity index (χ0v) is 11.2. The van der Waals surface area contributed by atoms with Crippen LogP contribution in [0.15, 0.2) is 30.3 Å². The Hall–Kier alpha value is -2.04. The highest BCUT2D eigenvalue weighted by Gasteiger charge is 2.41. The largest absolute Gasteiger partial charge is 0.445 e. The highest BCUT2D eigenvalue weighted by atomic mass is 16.6. The lowest BCUT2D eigenvalue weighted by Gasteiger charge is -2.22. The second kappa shape index (κ2) is 5.53. The predicted octanol–water partition coefficient (Wildman–Crippen LogP) is 1.39. The van der Waals surface area contributed by atoms with Crippen LogP contribution in [0.5, 0.6) is 0 Å². The zero-order valence-electron chi connectivity index (χ0n) is 11.2. The van der Waals surface area contributed by atoms with E-state index in [1.54, 1.807) is 4.90 Å². The number of nitrogens with zero attached hydrogens (tertiary/aromatic N) is 1. The summed E-state index contributed by atoms with van der Waals surface area (Å²) in [5.41, 5.74) is 0.968. The van der Waals surface area contributed by atoms with E-state index < -0.39 is 0 Å². The number of rotatable bonds is 2. The standard InChI is InChI=1S/C15H18N2O3/c18-14-13-9-17(8-12(13)6-7-16-14)15(19)20-10-11-4-2-1-3-5-11/h1-5,12-13H,6-10H2,(H,16,18). The smallest absolute Gasteiger partial charge is 0.410 e. The first kappa shape index (κ1) is 13.0.